The zero-order valence-electron chi connectivity index (χ0n) is 11.7. The van der Waals surface area contributed by atoms with Crippen LogP contribution in [0.5, 0.6) is 0 Å². The van der Waals surface area contributed by atoms with E-state index < -0.39 is 0 Å². The molecule has 0 atom stereocenters. The molecule has 0 saturated heterocycles. The highest BCUT2D eigenvalue weighted by Crippen LogP contribution is 2.35. The monoisotopic (exact) mass is 338 g/mol. The predicted molar refractivity (Wildman–Crippen MR) is 94.1 cm³/mol. The molecule has 2 N–H and O–H groups in total. The molecule has 0 unspecified atom stereocenters. The zero-order chi connectivity index (χ0) is 15.0. The second kappa shape index (κ2) is 5.34. The van der Waals surface area contributed by atoms with E-state index in [2.05, 4.69) is 27.5 Å². The third kappa shape index (κ3) is 2.45. The van der Waals surface area contributed by atoms with Crippen molar-refractivity contribution in [1.29, 1.82) is 0 Å². The number of nitrogens with two attached hydrogens (primary N) is 1. The van der Waals surface area contributed by atoms with Crippen LogP contribution in [0.15, 0.2) is 53.5 Å². The molecule has 2 nitrogen and oxygen atoms in total. The Labute approximate surface area is 132 Å². The van der Waals surface area contributed by atoms with Crippen LogP contribution in [0.25, 0.3) is 28.1 Å². The van der Waals surface area contributed by atoms with Gasteiger partial charge in [-0.15, -0.1) is 0 Å². The van der Waals surface area contributed by atoms with Crippen molar-refractivity contribution in [3.8, 4) is 11.1 Å². The minimum Gasteiger partial charge on any atom is -0.398 e. The fourth-order valence-corrected chi connectivity index (χ4v) is 2.81. The van der Waals surface area contributed by atoms with E-state index in [0.29, 0.717) is 0 Å². The van der Waals surface area contributed by atoms with Crippen molar-refractivity contribution < 1.29 is 0 Å². The fraction of sp³-hybridized carbons (Fsp3) is 0.0556. The molecular weight excluding hydrogens is 324 g/mol. The van der Waals surface area contributed by atoms with Gasteiger partial charge in [-0.05, 0) is 42.3 Å². The van der Waals surface area contributed by atoms with Gasteiger partial charge in [0.2, 0.25) is 0 Å². The average molecular weight is 339 g/mol. The Bertz CT molecular complexity index is 836. The summed E-state index contributed by atoms with van der Waals surface area (Å²) in [4.78, 5) is 4.68. The fourth-order valence-electron chi connectivity index (χ4n) is 2.54. The van der Waals surface area contributed by atoms with E-state index in [9.17, 15) is 0 Å². The number of hydrogen-bond donors (Lipinski definition) is 1. The summed E-state index contributed by atoms with van der Waals surface area (Å²) in [5, 5.41) is 0.968. The Morgan fingerprint density at radius 1 is 1.14 bits per heavy atom. The summed E-state index contributed by atoms with van der Waals surface area (Å²) < 4.78 is 1.05. The number of fused-ring (bicyclic) bond motifs is 1. The van der Waals surface area contributed by atoms with Gasteiger partial charge >= 0.3 is 0 Å². The van der Waals surface area contributed by atoms with Crippen molar-refractivity contribution in [3.63, 3.8) is 0 Å². The van der Waals surface area contributed by atoms with Crippen molar-refractivity contribution in [2.24, 2.45) is 0 Å². The van der Waals surface area contributed by atoms with E-state index in [1.54, 1.807) is 0 Å². The molecule has 0 bridgehead atoms. The van der Waals surface area contributed by atoms with E-state index in [1.807, 2.05) is 55.5 Å². The lowest BCUT2D eigenvalue weighted by Crippen LogP contribution is -1.98. The maximum absolute atomic E-state index is 6.43. The third-order valence-corrected chi connectivity index (χ3v) is 4.13. The van der Waals surface area contributed by atoms with Gasteiger partial charge in [-0.2, -0.15) is 0 Å². The summed E-state index contributed by atoms with van der Waals surface area (Å²) in [7, 11) is 0. The number of halogens is 1. The first-order valence-electron chi connectivity index (χ1n) is 6.68. The first kappa shape index (κ1) is 13.8. The van der Waals surface area contributed by atoms with Gasteiger partial charge in [0, 0.05) is 21.1 Å². The molecule has 3 heteroatoms. The number of hydrogen-bond acceptors (Lipinski definition) is 2. The molecule has 0 aliphatic carbocycles. The number of pyridine rings is 1. The van der Waals surface area contributed by atoms with Gasteiger partial charge in [0.05, 0.1) is 11.2 Å². The molecule has 0 aliphatic rings. The number of aryl methyl sites for hydroxylation is 1. The Balaban J connectivity index is 2.31. The van der Waals surface area contributed by atoms with E-state index >= 15 is 0 Å². The van der Waals surface area contributed by atoms with Gasteiger partial charge in [-0.25, -0.2) is 0 Å². The average Bonchev–Trinajstić information content (AvgIpc) is 2.49. The van der Waals surface area contributed by atoms with Crippen LogP contribution in [0, 0.1) is 6.92 Å². The Kier molecular flexibility index (Phi) is 3.52. The standard InChI is InChI=1S/C18H15BrN2/c1-3-12-4-9-16-15(10-12)18(20)17(11(2)21-16)13-5-7-14(19)8-6-13/h3-10H,1H2,2H3,(H2,20,21). The summed E-state index contributed by atoms with van der Waals surface area (Å²) >= 11 is 3.46. The van der Waals surface area contributed by atoms with Crippen molar-refractivity contribution in [2.75, 3.05) is 5.73 Å². The number of nitrogens with zero attached hydrogens (tertiary/aromatic N) is 1. The minimum atomic E-state index is 0.767. The van der Waals surface area contributed by atoms with E-state index in [-0.39, 0.29) is 0 Å². The quantitative estimate of drug-likeness (QED) is 0.697. The number of aromatic nitrogens is 1. The lowest BCUT2D eigenvalue weighted by atomic mass is 9.98. The van der Waals surface area contributed by atoms with Gasteiger partial charge in [0.15, 0.2) is 0 Å². The molecule has 0 amide bonds. The SMILES string of the molecule is C=Cc1ccc2nc(C)c(-c3ccc(Br)cc3)c(N)c2c1. The maximum Gasteiger partial charge on any atom is 0.0726 e. The highest BCUT2D eigenvalue weighted by atomic mass is 79.9. The third-order valence-electron chi connectivity index (χ3n) is 3.60. The van der Waals surface area contributed by atoms with Crippen LogP contribution in [0.3, 0.4) is 0 Å². The molecule has 21 heavy (non-hydrogen) atoms. The Morgan fingerprint density at radius 3 is 2.52 bits per heavy atom. The van der Waals surface area contributed by atoms with Crippen LogP contribution in [-0.2, 0) is 0 Å². The van der Waals surface area contributed by atoms with Crippen LogP contribution in [-0.4, -0.2) is 4.98 Å². The number of nitrogen functional groups attached to an aromatic ring is 1. The molecule has 3 rings (SSSR count). The van der Waals surface area contributed by atoms with Crippen LogP contribution >= 0.6 is 15.9 Å². The molecule has 0 saturated carbocycles. The Morgan fingerprint density at radius 2 is 1.86 bits per heavy atom. The number of benzene rings is 2. The van der Waals surface area contributed by atoms with Crippen molar-refractivity contribution in [1.82, 2.24) is 4.98 Å². The van der Waals surface area contributed by atoms with Gasteiger partial charge < -0.3 is 5.73 Å². The second-order valence-electron chi connectivity index (χ2n) is 4.97. The highest BCUT2D eigenvalue weighted by Gasteiger charge is 2.12. The number of rotatable bonds is 2. The van der Waals surface area contributed by atoms with Crippen LogP contribution in [0.1, 0.15) is 11.3 Å². The Hall–Kier alpha value is -2.13. The molecule has 0 spiro atoms. The van der Waals surface area contributed by atoms with Crippen molar-refractivity contribution in [2.45, 2.75) is 6.92 Å². The van der Waals surface area contributed by atoms with Crippen molar-refractivity contribution in [3.05, 3.63) is 64.8 Å². The lowest BCUT2D eigenvalue weighted by molar-refractivity contribution is 1.26. The second-order valence-corrected chi connectivity index (χ2v) is 5.89. The minimum absolute atomic E-state index is 0.767. The molecule has 0 aliphatic heterocycles. The molecular formula is C18H15BrN2. The lowest BCUT2D eigenvalue weighted by Gasteiger charge is -2.13. The molecule has 2 aromatic carbocycles. The summed E-state index contributed by atoms with van der Waals surface area (Å²) in [5.41, 5.74) is 12.2. The van der Waals surface area contributed by atoms with E-state index in [1.165, 1.54) is 0 Å². The molecule has 3 aromatic rings. The van der Waals surface area contributed by atoms with E-state index in [4.69, 9.17) is 5.73 Å². The molecule has 104 valence electrons. The largest absolute Gasteiger partial charge is 0.398 e. The molecule has 1 heterocycles. The molecule has 0 fully saturated rings. The zero-order valence-corrected chi connectivity index (χ0v) is 13.3. The summed E-state index contributed by atoms with van der Waals surface area (Å²) in [6, 6.07) is 14.1. The normalized spacial score (nSPS) is 10.8. The predicted octanol–water partition coefficient (Wildman–Crippen LogP) is 5.20. The van der Waals surface area contributed by atoms with Crippen LogP contribution < -0.4 is 5.73 Å². The highest BCUT2D eigenvalue weighted by molar-refractivity contribution is 9.10. The van der Waals surface area contributed by atoms with E-state index in [0.717, 1.165) is 43.4 Å². The topological polar surface area (TPSA) is 38.9 Å². The molecule has 1 aromatic heterocycles. The van der Waals surface area contributed by atoms with Crippen LogP contribution in [0.4, 0.5) is 5.69 Å². The van der Waals surface area contributed by atoms with Crippen LogP contribution in [0.2, 0.25) is 0 Å². The first-order chi connectivity index (χ1) is 10.1. The van der Waals surface area contributed by atoms with Gasteiger partial charge in [0.25, 0.3) is 0 Å². The summed E-state index contributed by atoms with van der Waals surface area (Å²) in [5.74, 6) is 0. The number of anilines is 1. The van der Waals surface area contributed by atoms with Gasteiger partial charge in [-0.1, -0.05) is 46.8 Å². The first-order valence-corrected chi connectivity index (χ1v) is 7.47. The summed E-state index contributed by atoms with van der Waals surface area (Å²) in [6.07, 6.45) is 1.82. The molecule has 0 radical (unpaired) electrons. The van der Waals surface area contributed by atoms with Crippen molar-refractivity contribution >= 4 is 38.6 Å². The summed E-state index contributed by atoms with van der Waals surface area (Å²) in [6.45, 7) is 5.80. The van der Waals surface area contributed by atoms with Gasteiger partial charge in [0.1, 0.15) is 0 Å². The maximum atomic E-state index is 6.43. The van der Waals surface area contributed by atoms with Gasteiger partial charge in [-0.3, -0.25) is 4.98 Å². The smallest absolute Gasteiger partial charge is 0.0726 e.